The van der Waals surface area contributed by atoms with E-state index in [-0.39, 0.29) is 78.7 Å². The predicted molar refractivity (Wildman–Crippen MR) is 176 cm³/mol. The number of carbonyl (C=O) groups excluding carboxylic acids is 1. The molecule has 0 bridgehead atoms. The molecule has 4 heterocycles. The molecule has 2 aliphatic heterocycles. The van der Waals surface area contributed by atoms with Crippen LogP contribution in [0.25, 0.3) is 27.5 Å². The molecule has 3 atom stereocenters. The topological polar surface area (TPSA) is 106 Å². The highest BCUT2D eigenvalue weighted by molar-refractivity contribution is 6.36. The molecule has 262 valence electrons. The Kier molecular flexibility index (Phi) is 9.11. The Bertz CT molecular complexity index is 1960. The fourth-order valence-corrected chi connectivity index (χ4v) is 6.59. The van der Waals surface area contributed by atoms with Crippen LogP contribution in [0, 0.1) is 0 Å². The van der Waals surface area contributed by atoms with Gasteiger partial charge < -0.3 is 19.3 Å². The number of likely N-dealkylation sites (tertiary alicyclic amines) is 1. The van der Waals surface area contributed by atoms with Crippen LogP contribution in [0.3, 0.4) is 0 Å². The smallest absolute Gasteiger partial charge is 0.450 e. The number of hydrogen-bond acceptors (Lipinski definition) is 9. The summed E-state index contributed by atoms with van der Waals surface area (Å²) < 4.78 is 70.7. The maximum Gasteiger partial charge on any atom is 0.450 e. The minimum Gasteiger partial charge on any atom is -0.462 e. The quantitative estimate of drug-likeness (QED) is 0.236. The van der Waals surface area contributed by atoms with Crippen molar-refractivity contribution in [1.82, 2.24) is 29.3 Å². The molecule has 2 saturated heterocycles. The maximum absolute atomic E-state index is 14.9. The van der Waals surface area contributed by atoms with E-state index in [1.54, 1.807) is 62.7 Å². The Hall–Kier alpha value is -4.24. The first-order valence-corrected chi connectivity index (χ1v) is 16.2. The zero-order valence-corrected chi connectivity index (χ0v) is 28.3. The van der Waals surface area contributed by atoms with Crippen LogP contribution in [-0.2, 0) is 10.9 Å². The summed E-state index contributed by atoms with van der Waals surface area (Å²) in [7, 11) is 1.75. The molecular weight excluding hydrogens is 670 g/mol. The maximum atomic E-state index is 14.9. The number of rotatable bonds is 5. The predicted octanol–water partition coefficient (Wildman–Crippen LogP) is 5.87. The van der Waals surface area contributed by atoms with Crippen molar-refractivity contribution in [2.24, 2.45) is 0 Å². The van der Waals surface area contributed by atoms with E-state index in [9.17, 15) is 27.2 Å². The summed E-state index contributed by atoms with van der Waals surface area (Å²) in [5, 5.41) is 0.883. The van der Waals surface area contributed by atoms with Crippen LogP contribution >= 0.6 is 11.6 Å². The number of amides is 1. The summed E-state index contributed by atoms with van der Waals surface area (Å²) in [6, 6.07) is 8.32. The Morgan fingerprint density at radius 1 is 1.02 bits per heavy atom. The summed E-state index contributed by atoms with van der Waals surface area (Å²) in [5.74, 6) is -1.55. The van der Waals surface area contributed by atoms with E-state index in [2.05, 4.69) is 15.0 Å². The van der Waals surface area contributed by atoms with Crippen LogP contribution in [-0.4, -0.2) is 99.1 Å². The van der Waals surface area contributed by atoms with Crippen molar-refractivity contribution in [3.63, 3.8) is 0 Å². The lowest BCUT2D eigenvalue weighted by atomic mass is 10.1. The van der Waals surface area contributed by atoms with Crippen molar-refractivity contribution >= 4 is 45.3 Å². The zero-order valence-electron chi connectivity index (χ0n) is 27.6. The molecule has 2 fully saturated rings. The minimum absolute atomic E-state index is 0.0228. The summed E-state index contributed by atoms with van der Waals surface area (Å²) >= 11 is 6.48. The normalized spacial score (nSPS) is 20.7. The fourth-order valence-electron chi connectivity index (χ4n) is 6.32. The fraction of sp³-hybridized carbons (Fsp3) is 0.485. The van der Waals surface area contributed by atoms with E-state index in [1.165, 1.54) is 23.1 Å². The first kappa shape index (κ1) is 34.6. The number of anilines is 1. The van der Waals surface area contributed by atoms with Crippen molar-refractivity contribution in [1.29, 1.82) is 0 Å². The van der Waals surface area contributed by atoms with Gasteiger partial charge in [-0.25, -0.2) is 14.2 Å². The van der Waals surface area contributed by atoms with E-state index in [0.29, 0.717) is 9.95 Å². The van der Waals surface area contributed by atoms with Crippen molar-refractivity contribution in [3.8, 4) is 11.7 Å². The van der Waals surface area contributed by atoms with Gasteiger partial charge in [-0.2, -0.15) is 23.1 Å². The van der Waals surface area contributed by atoms with Crippen molar-refractivity contribution in [2.75, 3.05) is 44.7 Å². The lowest BCUT2D eigenvalue weighted by molar-refractivity contribution is -0.146. The van der Waals surface area contributed by atoms with Gasteiger partial charge in [0.1, 0.15) is 23.9 Å². The molecule has 0 saturated carbocycles. The third-order valence-corrected chi connectivity index (χ3v) is 8.91. The van der Waals surface area contributed by atoms with Gasteiger partial charge in [-0.05, 0) is 58.7 Å². The van der Waals surface area contributed by atoms with Crippen molar-refractivity contribution in [3.05, 3.63) is 57.6 Å². The van der Waals surface area contributed by atoms with E-state index in [1.807, 2.05) is 0 Å². The number of alkyl halides is 4. The number of likely N-dealkylation sites (N-methyl/N-ethyl adjacent to an activating group) is 1. The van der Waals surface area contributed by atoms with Crippen LogP contribution in [0.2, 0.25) is 5.02 Å². The molecule has 2 aromatic heterocycles. The number of hydrogen-bond donors (Lipinski definition) is 0. The molecule has 4 aromatic rings. The van der Waals surface area contributed by atoms with Gasteiger partial charge in [0.05, 0.1) is 10.7 Å². The molecule has 11 nitrogen and oxygen atoms in total. The van der Waals surface area contributed by atoms with Gasteiger partial charge in [0.2, 0.25) is 5.82 Å². The number of halogens is 5. The van der Waals surface area contributed by atoms with Crippen LogP contribution < -0.4 is 15.2 Å². The third kappa shape index (κ3) is 6.95. The SMILES string of the molecule is C[C@H]1CN(C(=O)OC(C)(C)C)CCN1c1nc(OC[C@@H]2C[C@@H](F)CN2C)nc2c(=O)n(-c3cccc4cccc(Cl)c34)c(C(F)(F)F)nc12. The number of nitrogens with zero attached hydrogens (tertiary/aromatic N) is 7. The Balaban J connectivity index is 1.52. The number of fused-ring (bicyclic) bond motifs is 2. The molecule has 49 heavy (non-hydrogen) atoms. The molecule has 0 aliphatic carbocycles. The summed E-state index contributed by atoms with van der Waals surface area (Å²) in [4.78, 5) is 45.0. The van der Waals surface area contributed by atoms with Crippen molar-refractivity contribution < 1.29 is 31.8 Å². The van der Waals surface area contributed by atoms with E-state index < -0.39 is 47.0 Å². The van der Waals surface area contributed by atoms with Crippen molar-refractivity contribution in [2.45, 2.75) is 64.1 Å². The number of benzene rings is 2. The molecule has 6 rings (SSSR count). The van der Waals surface area contributed by atoms with Gasteiger partial charge in [0, 0.05) is 43.6 Å². The standard InChI is InChI=1S/C33H36ClF4N7O4/c1-18-15-43(31(47)49-32(2,3)4)12-13-44(18)27-25-26(40-30(41-27)48-17-21-14-20(35)16-42(21)5)28(46)45(29(39-25)33(36,37)38)23-11-7-9-19-8-6-10-22(34)24(19)23/h6-11,18,20-21H,12-17H2,1-5H3/t18-,20+,21-/m0/s1. The van der Waals surface area contributed by atoms with E-state index in [0.717, 1.165) is 0 Å². The largest absolute Gasteiger partial charge is 0.462 e. The summed E-state index contributed by atoms with van der Waals surface area (Å²) in [6.45, 7) is 7.65. The molecule has 16 heteroatoms. The number of carbonyl (C=O) groups is 1. The van der Waals surface area contributed by atoms with Gasteiger partial charge >= 0.3 is 18.3 Å². The summed E-state index contributed by atoms with van der Waals surface area (Å²) in [6.07, 6.45) is -6.44. The van der Waals surface area contributed by atoms with Crippen LogP contribution in [0.4, 0.5) is 28.2 Å². The number of aromatic nitrogens is 4. The highest BCUT2D eigenvalue weighted by atomic mass is 35.5. The van der Waals surface area contributed by atoms with Crippen LogP contribution in [0.1, 0.15) is 39.9 Å². The van der Waals surface area contributed by atoms with E-state index in [4.69, 9.17) is 21.1 Å². The van der Waals surface area contributed by atoms with Crippen LogP contribution in [0.5, 0.6) is 6.01 Å². The number of piperazine rings is 1. The first-order chi connectivity index (χ1) is 23.0. The summed E-state index contributed by atoms with van der Waals surface area (Å²) in [5.41, 5.74) is -2.76. The second kappa shape index (κ2) is 12.9. The lowest BCUT2D eigenvalue weighted by Gasteiger charge is -2.40. The first-order valence-electron chi connectivity index (χ1n) is 15.8. The molecule has 2 aliphatic rings. The molecule has 0 N–H and O–H groups in total. The monoisotopic (exact) mass is 705 g/mol. The Morgan fingerprint density at radius 2 is 1.73 bits per heavy atom. The molecule has 0 unspecified atom stereocenters. The molecule has 2 aromatic carbocycles. The average molecular weight is 706 g/mol. The second-order valence-electron chi connectivity index (χ2n) is 13.4. The van der Waals surface area contributed by atoms with Crippen LogP contribution in [0.15, 0.2) is 41.2 Å². The molecule has 0 spiro atoms. The Morgan fingerprint density at radius 3 is 2.37 bits per heavy atom. The minimum atomic E-state index is -5.08. The third-order valence-electron chi connectivity index (χ3n) is 8.60. The molecule has 0 radical (unpaired) electrons. The average Bonchev–Trinajstić information content (AvgIpc) is 3.34. The Labute approximate surface area is 284 Å². The zero-order chi connectivity index (χ0) is 35.4. The van der Waals surface area contributed by atoms with Gasteiger partial charge in [-0.3, -0.25) is 14.3 Å². The second-order valence-corrected chi connectivity index (χ2v) is 13.8. The highest BCUT2D eigenvalue weighted by Crippen LogP contribution is 2.36. The van der Waals surface area contributed by atoms with Gasteiger partial charge in [0.25, 0.3) is 5.56 Å². The van der Waals surface area contributed by atoms with Gasteiger partial charge in [0.15, 0.2) is 11.3 Å². The number of ether oxygens (including phenoxy) is 2. The molecular formula is C33H36ClF4N7O4. The highest BCUT2D eigenvalue weighted by Gasteiger charge is 2.40. The van der Waals surface area contributed by atoms with E-state index >= 15 is 0 Å². The lowest BCUT2D eigenvalue weighted by Crippen LogP contribution is -2.55. The molecule has 1 amide bonds. The van der Waals surface area contributed by atoms with Gasteiger partial charge in [-0.15, -0.1) is 0 Å². The van der Waals surface area contributed by atoms with Gasteiger partial charge in [-0.1, -0.05) is 35.9 Å².